The van der Waals surface area contributed by atoms with Crippen LogP contribution in [0.2, 0.25) is 0 Å². The zero-order chi connectivity index (χ0) is 21.8. The molecule has 0 N–H and O–H groups in total. The fraction of sp³-hybridized carbons (Fsp3) is 0.444. The summed E-state index contributed by atoms with van der Waals surface area (Å²) in [5, 5.41) is 10.4. The van der Waals surface area contributed by atoms with Crippen molar-refractivity contribution < 1.29 is 4.74 Å². The van der Waals surface area contributed by atoms with Crippen LogP contribution in [0.4, 0.5) is 5.69 Å². The second kappa shape index (κ2) is 9.67. The number of hydrogen-bond donors (Lipinski definition) is 0. The van der Waals surface area contributed by atoms with Gasteiger partial charge in [0.2, 0.25) is 0 Å². The van der Waals surface area contributed by atoms with Crippen LogP contribution in [0.25, 0.3) is 10.9 Å². The number of nitriles is 1. The zero-order valence-corrected chi connectivity index (χ0v) is 18.8. The molecule has 166 valence electrons. The van der Waals surface area contributed by atoms with Crippen LogP contribution >= 0.6 is 0 Å². The van der Waals surface area contributed by atoms with E-state index >= 15 is 0 Å². The molecule has 2 aliphatic rings. The molecular weight excluding hydrogens is 396 g/mol. The minimum absolute atomic E-state index is 0.734. The smallest absolute Gasteiger partial charge is 0.122 e. The number of hydrogen-bond acceptors (Lipinski definition) is 4. The fourth-order valence-electron chi connectivity index (χ4n) is 4.99. The molecule has 0 bridgehead atoms. The molecule has 32 heavy (non-hydrogen) atoms. The SMILES string of the molecule is N#Cc1ccc2ccn(CCCCN3CCN(c4ccc5c(c4)CCCCO5)CC3)c2c1. The molecule has 2 aromatic carbocycles. The molecule has 0 amide bonds. The first-order valence-electron chi connectivity index (χ1n) is 12.0. The average Bonchev–Trinajstić information content (AvgIpc) is 3.09. The summed E-state index contributed by atoms with van der Waals surface area (Å²) in [6, 6.07) is 17.1. The Kier molecular flexibility index (Phi) is 6.31. The molecule has 0 atom stereocenters. The molecule has 0 spiro atoms. The third-order valence-corrected chi connectivity index (χ3v) is 6.91. The third-order valence-electron chi connectivity index (χ3n) is 6.91. The molecule has 5 rings (SSSR count). The van der Waals surface area contributed by atoms with E-state index in [1.807, 2.05) is 18.2 Å². The van der Waals surface area contributed by atoms with E-state index in [-0.39, 0.29) is 0 Å². The quantitative estimate of drug-likeness (QED) is 0.528. The normalized spacial score (nSPS) is 16.9. The van der Waals surface area contributed by atoms with E-state index in [1.165, 1.54) is 35.0 Å². The van der Waals surface area contributed by atoms with Crippen LogP contribution in [0.15, 0.2) is 48.7 Å². The van der Waals surface area contributed by atoms with Crippen molar-refractivity contribution in [3.8, 4) is 11.8 Å². The summed E-state index contributed by atoms with van der Waals surface area (Å²) >= 11 is 0. The van der Waals surface area contributed by atoms with Gasteiger partial charge in [0, 0.05) is 50.1 Å². The highest BCUT2D eigenvalue weighted by Crippen LogP contribution is 2.29. The molecular formula is C27H32N4O. The van der Waals surface area contributed by atoms with Gasteiger partial charge < -0.3 is 14.2 Å². The molecule has 5 nitrogen and oxygen atoms in total. The molecule has 1 fully saturated rings. The minimum atomic E-state index is 0.734. The topological polar surface area (TPSA) is 44.4 Å². The maximum absolute atomic E-state index is 9.16. The van der Waals surface area contributed by atoms with Crippen LogP contribution in [0.1, 0.15) is 36.8 Å². The summed E-state index contributed by atoms with van der Waals surface area (Å²) in [5.74, 6) is 1.09. The summed E-state index contributed by atoms with van der Waals surface area (Å²) < 4.78 is 8.17. The van der Waals surface area contributed by atoms with Crippen molar-refractivity contribution in [2.75, 3.05) is 44.2 Å². The predicted molar refractivity (Wildman–Crippen MR) is 129 cm³/mol. The van der Waals surface area contributed by atoms with Crippen molar-refractivity contribution in [3.05, 3.63) is 59.8 Å². The van der Waals surface area contributed by atoms with Gasteiger partial charge in [-0.05, 0) is 86.0 Å². The van der Waals surface area contributed by atoms with Gasteiger partial charge in [-0.1, -0.05) is 6.07 Å². The standard InChI is InChI=1S/C27H32N4O/c28-21-22-6-7-23-10-13-31(26(23)19-22)12-3-2-11-29-14-16-30(17-15-29)25-8-9-27-24(20-25)5-1-4-18-32-27/h6-10,13,19-20H,1-5,11-12,14-18H2. The van der Waals surface area contributed by atoms with Crippen LogP contribution in [-0.2, 0) is 13.0 Å². The number of aryl methyl sites for hydroxylation is 2. The third kappa shape index (κ3) is 4.61. The molecule has 0 aliphatic carbocycles. The summed E-state index contributed by atoms with van der Waals surface area (Å²) in [6.07, 6.45) is 8.03. The second-order valence-electron chi connectivity index (χ2n) is 9.03. The Morgan fingerprint density at radius 1 is 0.906 bits per heavy atom. The molecule has 3 aromatic rings. The Morgan fingerprint density at radius 3 is 2.66 bits per heavy atom. The van der Waals surface area contributed by atoms with Gasteiger partial charge >= 0.3 is 0 Å². The van der Waals surface area contributed by atoms with Gasteiger partial charge in [-0.15, -0.1) is 0 Å². The Morgan fingerprint density at radius 2 is 1.78 bits per heavy atom. The number of benzene rings is 2. The Bertz CT molecular complexity index is 1100. The van der Waals surface area contributed by atoms with Crippen LogP contribution in [0.3, 0.4) is 0 Å². The molecule has 2 aliphatic heterocycles. The van der Waals surface area contributed by atoms with Crippen LogP contribution in [-0.4, -0.2) is 48.8 Å². The van der Waals surface area contributed by atoms with Gasteiger partial charge in [-0.25, -0.2) is 0 Å². The van der Waals surface area contributed by atoms with Gasteiger partial charge in [0.1, 0.15) is 5.75 Å². The summed E-state index contributed by atoms with van der Waals surface area (Å²) in [7, 11) is 0. The maximum Gasteiger partial charge on any atom is 0.122 e. The molecule has 3 heterocycles. The van der Waals surface area contributed by atoms with Crippen LogP contribution in [0.5, 0.6) is 5.75 Å². The second-order valence-corrected chi connectivity index (χ2v) is 9.03. The van der Waals surface area contributed by atoms with E-state index in [1.54, 1.807) is 0 Å². The van der Waals surface area contributed by atoms with E-state index in [2.05, 4.69) is 50.9 Å². The molecule has 1 aromatic heterocycles. The average molecular weight is 429 g/mol. The van der Waals surface area contributed by atoms with Crippen LogP contribution in [0, 0.1) is 11.3 Å². The summed E-state index contributed by atoms with van der Waals surface area (Å²) in [4.78, 5) is 5.13. The highest BCUT2D eigenvalue weighted by Gasteiger charge is 2.18. The number of nitrogens with zero attached hydrogens (tertiary/aromatic N) is 4. The Labute approximate surface area is 190 Å². The number of fused-ring (bicyclic) bond motifs is 2. The van der Waals surface area contributed by atoms with Crippen molar-refractivity contribution in [3.63, 3.8) is 0 Å². The lowest BCUT2D eigenvalue weighted by molar-refractivity contribution is 0.251. The monoisotopic (exact) mass is 428 g/mol. The predicted octanol–water partition coefficient (Wildman–Crippen LogP) is 4.83. The first-order valence-corrected chi connectivity index (χ1v) is 12.0. The zero-order valence-electron chi connectivity index (χ0n) is 18.8. The van der Waals surface area contributed by atoms with Crippen molar-refractivity contribution in [2.24, 2.45) is 0 Å². The number of aromatic nitrogens is 1. The number of piperazine rings is 1. The lowest BCUT2D eigenvalue weighted by Crippen LogP contribution is -2.46. The Balaban J connectivity index is 1.09. The minimum Gasteiger partial charge on any atom is -0.493 e. The van der Waals surface area contributed by atoms with E-state index in [9.17, 15) is 0 Å². The van der Waals surface area contributed by atoms with Gasteiger partial charge in [0.25, 0.3) is 0 Å². The molecule has 5 heteroatoms. The van der Waals surface area contributed by atoms with E-state index in [4.69, 9.17) is 10.00 Å². The highest BCUT2D eigenvalue weighted by atomic mass is 16.5. The van der Waals surface area contributed by atoms with E-state index < -0.39 is 0 Å². The van der Waals surface area contributed by atoms with Crippen LogP contribution < -0.4 is 9.64 Å². The number of ether oxygens (including phenoxy) is 1. The molecule has 1 saturated heterocycles. The Hall–Kier alpha value is -2.97. The molecule has 0 saturated carbocycles. The summed E-state index contributed by atoms with van der Waals surface area (Å²) in [5.41, 5.74) is 4.63. The first kappa shape index (κ1) is 20.9. The molecule has 0 unspecified atom stereocenters. The van der Waals surface area contributed by atoms with Crippen molar-refractivity contribution in [1.29, 1.82) is 5.26 Å². The number of anilines is 1. The van der Waals surface area contributed by atoms with Gasteiger partial charge in [-0.3, -0.25) is 4.90 Å². The largest absolute Gasteiger partial charge is 0.493 e. The van der Waals surface area contributed by atoms with E-state index in [0.29, 0.717) is 0 Å². The number of unbranched alkanes of at least 4 members (excludes halogenated alkanes) is 1. The van der Waals surface area contributed by atoms with E-state index in [0.717, 1.165) is 76.5 Å². The lowest BCUT2D eigenvalue weighted by Gasteiger charge is -2.36. The fourth-order valence-corrected chi connectivity index (χ4v) is 4.99. The maximum atomic E-state index is 9.16. The first-order chi connectivity index (χ1) is 15.8. The lowest BCUT2D eigenvalue weighted by atomic mass is 10.1. The number of rotatable bonds is 6. The van der Waals surface area contributed by atoms with Crippen molar-refractivity contribution >= 4 is 16.6 Å². The molecule has 0 radical (unpaired) electrons. The van der Waals surface area contributed by atoms with Gasteiger partial charge in [0.15, 0.2) is 0 Å². The van der Waals surface area contributed by atoms with Gasteiger partial charge in [-0.2, -0.15) is 5.26 Å². The van der Waals surface area contributed by atoms with Gasteiger partial charge in [0.05, 0.1) is 18.2 Å². The van der Waals surface area contributed by atoms with Crippen molar-refractivity contribution in [1.82, 2.24) is 9.47 Å². The highest BCUT2D eigenvalue weighted by molar-refractivity contribution is 5.81. The van der Waals surface area contributed by atoms with Crippen molar-refractivity contribution in [2.45, 2.75) is 38.6 Å². The summed E-state index contributed by atoms with van der Waals surface area (Å²) in [6.45, 7) is 7.48.